The fourth-order valence-corrected chi connectivity index (χ4v) is 2.41. The Hall–Kier alpha value is -1.84. The average Bonchev–Trinajstić information content (AvgIpc) is 2.46. The predicted octanol–water partition coefficient (Wildman–Crippen LogP) is 2.72. The van der Waals surface area contributed by atoms with Gasteiger partial charge >= 0.3 is 0 Å². The van der Waals surface area contributed by atoms with Gasteiger partial charge in [0, 0.05) is 0 Å². The molecule has 0 saturated carbocycles. The number of rotatable bonds is 7. The van der Waals surface area contributed by atoms with E-state index in [9.17, 15) is 5.11 Å². The number of benzene rings is 2. The molecule has 3 nitrogen and oxygen atoms in total. The van der Waals surface area contributed by atoms with Gasteiger partial charge in [0.05, 0.1) is 21.1 Å². The molecule has 0 aliphatic rings. The second-order valence-corrected chi connectivity index (χ2v) is 6.74. The molecule has 0 aliphatic heterocycles. The molecule has 22 heavy (non-hydrogen) atoms. The summed E-state index contributed by atoms with van der Waals surface area (Å²) >= 11 is 0. The van der Waals surface area contributed by atoms with Crippen LogP contribution in [0.25, 0.3) is 0 Å². The molecule has 2 aromatic rings. The third kappa shape index (κ3) is 5.88. The summed E-state index contributed by atoms with van der Waals surface area (Å²) in [6.07, 6.45) is 0.467. The standard InChI is InChI=1S/C19H26NO2/c1-20(2,3)14-18(21)15-22-19-11-9-17(10-12-19)13-16-7-5-4-6-8-16/h4-12,18,21H,13-15H2,1-3H3/q+1. The Morgan fingerprint density at radius 3 is 2.09 bits per heavy atom. The zero-order valence-corrected chi connectivity index (χ0v) is 13.7. The highest BCUT2D eigenvalue weighted by molar-refractivity contribution is 5.31. The molecule has 1 N–H and O–H groups in total. The van der Waals surface area contributed by atoms with Crippen molar-refractivity contribution in [2.45, 2.75) is 12.5 Å². The molecule has 0 aromatic heterocycles. The number of aliphatic hydroxyl groups excluding tert-OH is 1. The van der Waals surface area contributed by atoms with Gasteiger partial charge in [0.25, 0.3) is 0 Å². The highest BCUT2D eigenvalue weighted by Gasteiger charge is 2.15. The predicted molar refractivity (Wildman–Crippen MR) is 90.1 cm³/mol. The lowest BCUT2D eigenvalue weighted by molar-refractivity contribution is -0.873. The highest BCUT2D eigenvalue weighted by Crippen LogP contribution is 2.15. The Labute approximate surface area is 133 Å². The van der Waals surface area contributed by atoms with Crippen LogP contribution in [0.2, 0.25) is 0 Å². The molecular formula is C19H26NO2+. The van der Waals surface area contributed by atoms with Gasteiger partial charge in [-0.1, -0.05) is 42.5 Å². The number of likely N-dealkylation sites (N-methyl/N-ethyl adjacent to an activating group) is 1. The van der Waals surface area contributed by atoms with Gasteiger partial charge in [-0.05, 0) is 29.7 Å². The Morgan fingerprint density at radius 1 is 0.909 bits per heavy atom. The number of hydrogen-bond donors (Lipinski definition) is 1. The molecule has 0 heterocycles. The molecule has 1 unspecified atom stereocenters. The molecule has 0 radical (unpaired) electrons. The van der Waals surface area contributed by atoms with Crippen molar-refractivity contribution >= 4 is 0 Å². The zero-order valence-electron chi connectivity index (χ0n) is 13.7. The van der Waals surface area contributed by atoms with Crippen molar-refractivity contribution in [1.82, 2.24) is 0 Å². The molecule has 0 amide bonds. The quantitative estimate of drug-likeness (QED) is 0.797. The number of hydrogen-bond acceptors (Lipinski definition) is 2. The molecule has 0 fully saturated rings. The largest absolute Gasteiger partial charge is 0.491 e. The van der Waals surface area contributed by atoms with E-state index in [1.807, 2.05) is 18.2 Å². The van der Waals surface area contributed by atoms with E-state index in [-0.39, 0.29) is 0 Å². The van der Waals surface area contributed by atoms with E-state index in [0.717, 1.165) is 16.7 Å². The summed E-state index contributed by atoms with van der Waals surface area (Å²) < 4.78 is 6.38. The van der Waals surface area contributed by atoms with Crippen LogP contribution in [-0.4, -0.2) is 50.0 Å². The second kappa shape index (κ2) is 7.43. The van der Waals surface area contributed by atoms with Gasteiger partial charge in [-0.25, -0.2) is 0 Å². The van der Waals surface area contributed by atoms with Crippen molar-refractivity contribution in [2.24, 2.45) is 0 Å². The number of nitrogens with zero attached hydrogens (tertiary/aromatic N) is 1. The van der Waals surface area contributed by atoms with Crippen LogP contribution in [0, 0.1) is 0 Å². The van der Waals surface area contributed by atoms with Gasteiger partial charge in [0.1, 0.15) is 25.0 Å². The first-order valence-corrected chi connectivity index (χ1v) is 7.66. The number of ether oxygens (including phenoxy) is 1. The number of quaternary nitrogens is 1. The van der Waals surface area contributed by atoms with E-state index in [4.69, 9.17) is 4.74 Å². The summed E-state index contributed by atoms with van der Waals surface area (Å²) in [4.78, 5) is 0. The highest BCUT2D eigenvalue weighted by atomic mass is 16.5. The van der Waals surface area contributed by atoms with Crippen molar-refractivity contribution in [3.63, 3.8) is 0 Å². The van der Waals surface area contributed by atoms with E-state index in [1.165, 1.54) is 11.1 Å². The average molecular weight is 300 g/mol. The van der Waals surface area contributed by atoms with Crippen LogP contribution >= 0.6 is 0 Å². The lowest BCUT2D eigenvalue weighted by atomic mass is 10.1. The molecule has 1 atom stereocenters. The van der Waals surface area contributed by atoms with Crippen LogP contribution in [0.4, 0.5) is 0 Å². The zero-order chi connectivity index (χ0) is 16.0. The van der Waals surface area contributed by atoms with Crippen molar-refractivity contribution in [2.75, 3.05) is 34.3 Å². The maximum Gasteiger partial charge on any atom is 0.137 e. The Morgan fingerprint density at radius 2 is 1.50 bits per heavy atom. The van der Waals surface area contributed by atoms with Crippen molar-refractivity contribution in [1.29, 1.82) is 0 Å². The molecule has 2 rings (SSSR count). The second-order valence-electron chi connectivity index (χ2n) is 6.74. The van der Waals surface area contributed by atoms with E-state index in [1.54, 1.807) is 0 Å². The first-order chi connectivity index (χ1) is 10.4. The molecule has 0 bridgehead atoms. The smallest absolute Gasteiger partial charge is 0.137 e. The van der Waals surface area contributed by atoms with Crippen LogP contribution < -0.4 is 4.74 Å². The third-order valence-corrected chi connectivity index (χ3v) is 3.38. The van der Waals surface area contributed by atoms with Gasteiger partial charge in [-0.2, -0.15) is 0 Å². The Kier molecular flexibility index (Phi) is 5.58. The lowest BCUT2D eigenvalue weighted by Gasteiger charge is -2.26. The van der Waals surface area contributed by atoms with Gasteiger partial charge in [0.15, 0.2) is 0 Å². The summed E-state index contributed by atoms with van der Waals surface area (Å²) in [6.45, 7) is 1.000. The topological polar surface area (TPSA) is 29.5 Å². The van der Waals surface area contributed by atoms with Crippen LogP contribution in [0.15, 0.2) is 54.6 Å². The Bertz CT molecular complexity index is 558. The summed E-state index contributed by atoms with van der Waals surface area (Å²) in [5, 5.41) is 9.95. The van der Waals surface area contributed by atoms with E-state index < -0.39 is 6.10 Å². The van der Waals surface area contributed by atoms with Crippen LogP contribution in [-0.2, 0) is 6.42 Å². The van der Waals surface area contributed by atoms with E-state index in [2.05, 4.69) is 57.5 Å². The van der Waals surface area contributed by atoms with E-state index in [0.29, 0.717) is 13.2 Å². The van der Waals surface area contributed by atoms with Crippen molar-refractivity contribution < 1.29 is 14.3 Å². The summed E-state index contributed by atoms with van der Waals surface area (Å²) in [6, 6.07) is 18.5. The minimum atomic E-state index is -0.455. The maximum absolute atomic E-state index is 9.95. The summed E-state index contributed by atoms with van der Waals surface area (Å²) in [7, 11) is 6.17. The monoisotopic (exact) mass is 300 g/mol. The first-order valence-electron chi connectivity index (χ1n) is 7.66. The van der Waals surface area contributed by atoms with E-state index >= 15 is 0 Å². The molecule has 2 aromatic carbocycles. The SMILES string of the molecule is C[N+](C)(C)CC(O)COc1ccc(Cc2ccccc2)cc1. The molecular weight excluding hydrogens is 274 g/mol. The lowest BCUT2D eigenvalue weighted by Crippen LogP contribution is -2.43. The third-order valence-electron chi connectivity index (χ3n) is 3.38. The fraction of sp³-hybridized carbons (Fsp3) is 0.368. The van der Waals surface area contributed by atoms with Gasteiger partial charge in [-0.3, -0.25) is 0 Å². The van der Waals surface area contributed by atoms with Crippen LogP contribution in [0.5, 0.6) is 5.75 Å². The summed E-state index contributed by atoms with van der Waals surface area (Å²) in [5.74, 6) is 0.803. The molecule has 0 spiro atoms. The molecule has 118 valence electrons. The van der Waals surface area contributed by atoms with Gasteiger partial charge < -0.3 is 14.3 Å². The molecule has 3 heteroatoms. The van der Waals surface area contributed by atoms with Crippen molar-refractivity contribution in [3.8, 4) is 5.75 Å². The van der Waals surface area contributed by atoms with Gasteiger partial charge in [-0.15, -0.1) is 0 Å². The summed E-state index contributed by atoms with van der Waals surface area (Å²) in [5.41, 5.74) is 2.56. The van der Waals surface area contributed by atoms with Crippen LogP contribution in [0.1, 0.15) is 11.1 Å². The first kappa shape index (κ1) is 16.5. The molecule has 0 saturated heterocycles. The number of aliphatic hydroxyl groups is 1. The fourth-order valence-electron chi connectivity index (χ4n) is 2.41. The minimum absolute atomic E-state index is 0.327. The van der Waals surface area contributed by atoms with Crippen molar-refractivity contribution in [3.05, 3.63) is 65.7 Å². The maximum atomic E-state index is 9.95. The van der Waals surface area contributed by atoms with Crippen LogP contribution in [0.3, 0.4) is 0 Å². The molecule has 0 aliphatic carbocycles. The normalized spacial score (nSPS) is 12.9. The van der Waals surface area contributed by atoms with Gasteiger partial charge in [0.2, 0.25) is 0 Å². The minimum Gasteiger partial charge on any atom is -0.491 e. The Balaban J connectivity index is 1.84.